The molecule has 3 rings (SSSR count). The molecule has 18 heavy (non-hydrogen) atoms. The van der Waals surface area contributed by atoms with Crippen molar-refractivity contribution >= 4 is 22.1 Å². The van der Waals surface area contributed by atoms with Gasteiger partial charge >= 0.3 is 0 Å². The van der Waals surface area contributed by atoms with Crippen LogP contribution in [0.25, 0.3) is 15.5 Å². The molecule has 5 nitrogen and oxygen atoms in total. The Morgan fingerprint density at radius 1 is 1.44 bits per heavy atom. The molecule has 0 aliphatic heterocycles. The number of fused-ring (bicyclic) bond motifs is 1. The van der Waals surface area contributed by atoms with Gasteiger partial charge < -0.3 is 10.5 Å². The summed E-state index contributed by atoms with van der Waals surface area (Å²) in [7, 11) is 1.43. The second-order valence-corrected chi connectivity index (χ2v) is 4.61. The molecule has 0 radical (unpaired) electrons. The second kappa shape index (κ2) is 3.95. The maximum Gasteiger partial charge on any atom is 0.214 e. The van der Waals surface area contributed by atoms with Crippen molar-refractivity contribution in [2.24, 2.45) is 0 Å². The Morgan fingerprint density at radius 3 is 2.94 bits per heavy atom. The first-order chi connectivity index (χ1) is 8.67. The van der Waals surface area contributed by atoms with Crippen LogP contribution in [0, 0.1) is 5.82 Å². The number of imidazole rings is 1. The number of anilines is 1. The van der Waals surface area contributed by atoms with Crippen LogP contribution in [0.1, 0.15) is 0 Å². The van der Waals surface area contributed by atoms with Gasteiger partial charge in [-0.15, -0.1) is 0 Å². The Labute approximate surface area is 106 Å². The molecule has 0 bridgehead atoms. The van der Waals surface area contributed by atoms with Crippen molar-refractivity contribution in [1.29, 1.82) is 0 Å². The highest BCUT2D eigenvalue weighted by Gasteiger charge is 2.11. The molecule has 0 saturated heterocycles. The molecule has 92 valence electrons. The first-order valence-corrected chi connectivity index (χ1v) is 5.94. The van der Waals surface area contributed by atoms with Crippen LogP contribution in [0.15, 0.2) is 24.4 Å². The number of benzene rings is 1. The molecule has 0 aliphatic rings. The summed E-state index contributed by atoms with van der Waals surface area (Å²) in [5.41, 5.74) is 6.23. The smallest absolute Gasteiger partial charge is 0.214 e. The van der Waals surface area contributed by atoms with Crippen LogP contribution in [0.3, 0.4) is 0 Å². The topological polar surface area (TPSA) is 65.4 Å². The molecular weight excluding hydrogens is 255 g/mol. The van der Waals surface area contributed by atoms with E-state index in [9.17, 15) is 4.39 Å². The Bertz CT molecular complexity index is 689. The molecule has 0 spiro atoms. The van der Waals surface area contributed by atoms with Crippen molar-refractivity contribution < 1.29 is 9.13 Å². The lowest BCUT2D eigenvalue weighted by molar-refractivity contribution is 0.386. The van der Waals surface area contributed by atoms with Gasteiger partial charge in [-0.05, 0) is 18.2 Å². The van der Waals surface area contributed by atoms with E-state index in [2.05, 4.69) is 10.1 Å². The average molecular weight is 264 g/mol. The monoisotopic (exact) mass is 264 g/mol. The molecule has 7 heteroatoms. The lowest BCUT2D eigenvalue weighted by Crippen LogP contribution is -1.89. The zero-order chi connectivity index (χ0) is 12.7. The van der Waals surface area contributed by atoms with Gasteiger partial charge in [0.15, 0.2) is 11.6 Å². The number of nitrogen functional groups attached to an aromatic ring is 1. The predicted molar refractivity (Wildman–Crippen MR) is 67.2 cm³/mol. The van der Waals surface area contributed by atoms with Crippen LogP contribution in [0.4, 0.5) is 10.2 Å². The Kier molecular flexibility index (Phi) is 2.41. The number of nitrogens with zero attached hydrogens (tertiary/aromatic N) is 3. The molecule has 0 atom stereocenters. The number of hydrogen-bond donors (Lipinski definition) is 1. The number of nitrogens with two attached hydrogens (primary N) is 1. The van der Waals surface area contributed by atoms with E-state index in [1.165, 1.54) is 24.5 Å². The predicted octanol–water partition coefficient (Wildman–Crippen LogP) is 2.19. The number of halogens is 1. The van der Waals surface area contributed by atoms with E-state index in [1.807, 2.05) is 0 Å². The van der Waals surface area contributed by atoms with Gasteiger partial charge in [0.1, 0.15) is 10.8 Å². The molecule has 0 fully saturated rings. The maximum atomic E-state index is 13.6. The molecule has 1 aromatic carbocycles. The molecule has 2 N–H and O–H groups in total. The summed E-state index contributed by atoms with van der Waals surface area (Å²) >= 11 is 1.35. The van der Waals surface area contributed by atoms with Crippen LogP contribution >= 0.6 is 11.3 Å². The van der Waals surface area contributed by atoms with Crippen LogP contribution in [0.2, 0.25) is 0 Å². The van der Waals surface area contributed by atoms with E-state index >= 15 is 0 Å². The fourth-order valence-electron chi connectivity index (χ4n) is 1.63. The minimum absolute atomic E-state index is 0.212. The van der Waals surface area contributed by atoms with E-state index in [4.69, 9.17) is 10.5 Å². The largest absolute Gasteiger partial charge is 0.494 e. The lowest BCUT2D eigenvalue weighted by atomic mass is 10.2. The summed E-state index contributed by atoms with van der Waals surface area (Å²) in [5, 5.41) is 4.97. The molecule has 0 amide bonds. The number of ether oxygens (including phenoxy) is 1. The average Bonchev–Trinajstić information content (AvgIpc) is 2.85. The molecule has 2 aromatic heterocycles. The summed E-state index contributed by atoms with van der Waals surface area (Å²) < 4.78 is 20.0. The third-order valence-corrected chi connectivity index (χ3v) is 3.43. The lowest BCUT2D eigenvalue weighted by Gasteiger charge is -2.02. The molecule has 0 aliphatic carbocycles. The summed E-state index contributed by atoms with van der Waals surface area (Å²) in [6, 6.07) is 4.72. The normalized spacial score (nSPS) is 11.0. The van der Waals surface area contributed by atoms with Crippen molar-refractivity contribution in [3.8, 4) is 16.3 Å². The Balaban J connectivity index is 2.08. The zero-order valence-corrected chi connectivity index (χ0v) is 10.2. The minimum Gasteiger partial charge on any atom is -0.494 e. The summed E-state index contributed by atoms with van der Waals surface area (Å²) in [4.78, 5) is 4.77. The number of rotatable bonds is 2. The van der Waals surface area contributed by atoms with Crippen molar-refractivity contribution in [3.05, 3.63) is 30.2 Å². The fraction of sp³-hybridized carbons (Fsp3) is 0.0909. The molecule has 3 aromatic rings. The Morgan fingerprint density at radius 2 is 2.28 bits per heavy atom. The molecule has 0 saturated carbocycles. The van der Waals surface area contributed by atoms with Crippen molar-refractivity contribution in [2.45, 2.75) is 0 Å². The quantitative estimate of drug-likeness (QED) is 0.770. The molecule has 2 heterocycles. The fourth-order valence-corrected chi connectivity index (χ4v) is 2.52. The number of hydrogen-bond acceptors (Lipinski definition) is 5. The van der Waals surface area contributed by atoms with Gasteiger partial charge in [0.05, 0.1) is 13.3 Å². The van der Waals surface area contributed by atoms with Crippen LogP contribution in [-0.2, 0) is 0 Å². The Hall–Kier alpha value is -2.15. The van der Waals surface area contributed by atoms with Crippen LogP contribution in [0.5, 0.6) is 5.75 Å². The first kappa shape index (κ1) is 11.0. The van der Waals surface area contributed by atoms with Gasteiger partial charge in [0, 0.05) is 5.56 Å². The van der Waals surface area contributed by atoms with E-state index < -0.39 is 5.82 Å². The molecule has 0 unspecified atom stereocenters. The highest BCUT2D eigenvalue weighted by molar-refractivity contribution is 7.19. The van der Waals surface area contributed by atoms with Gasteiger partial charge in [-0.3, -0.25) is 0 Å². The van der Waals surface area contributed by atoms with Gasteiger partial charge in [0.25, 0.3) is 0 Å². The number of aromatic nitrogens is 3. The van der Waals surface area contributed by atoms with Gasteiger partial charge in [-0.2, -0.15) is 5.10 Å². The highest BCUT2D eigenvalue weighted by Crippen LogP contribution is 2.29. The second-order valence-electron chi connectivity index (χ2n) is 3.65. The SMILES string of the molecule is COc1ccc(-c2nn3cc(N)nc3s2)cc1F. The van der Waals surface area contributed by atoms with Crippen molar-refractivity contribution in [2.75, 3.05) is 12.8 Å². The van der Waals surface area contributed by atoms with E-state index in [0.717, 1.165) is 0 Å². The third-order valence-electron chi connectivity index (χ3n) is 2.46. The van der Waals surface area contributed by atoms with Crippen molar-refractivity contribution in [3.63, 3.8) is 0 Å². The van der Waals surface area contributed by atoms with E-state index in [0.29, 0.717) is 21.3 Å². The van der Waals surface area contributed by atoms with E-state index in [-0.39, 0.29) is 5.75 Å². The van der Waals surface area contributed by atoms with Gasteiger partial charge in [-0.25, -0.2) is 13.9 Å². The van der Waals surface area contributed by atoms with Gasteiger partial charge in [0.2, 0.25) is 4.96 Å². The zero-order valence-electron chi connectivity index (χ0n) is 9.42. The van der Waals surface area contributed by atoms with Crippen LogP contribution < -0.4 is 10.5 Å². The van der Waals surface area contributed by atoms with E-state index in [1.54, 1.807) is 22.8 Å². The summed E-state index contributed by atoms with van der Waals surface area (Å²) in [6.45, 7) is 0. The standard InChI is InChI=1S/C11H9FN4OS/c1-17-8-3-2-6(4-7(8)12)10-15-16-5-9(13)14-11(16)18-10/h2-5H,13H2,1H3. The van der Waals surface area contributed by atoms with Crippen LogP contribution in [-0.4, -0.2) is 21.7 Å². The minimum atomic E-state index is -0.414. The van der Waals surface area contributed by atoms with Gasteiger partial charge in [-0.1, -0.05) is 11.3 Å². The summed E-state index contributed by atoms with van der Waals surface area (Å²) in [6.07, 6.45) is 1.62. The highest BCUT2D eigenvalue weighted by atomic mass is 32.1. The maximum absolute atomic E-state index is 13.6. The summed E-state index contributed by atoms with van der Waals surface area (Å²) in [5.74, 6) is 0.216. The van der Waals surface area contributed by atoms with Crippen molar-refractivity contribution in [1.82, 2.24) is 14.6 Å². The third kappa shape index (κ3) is 1.68. The number of methoxy groups -OCH3 is 1. The first-order valence-electron chi connectivity index (χ1n) is 5.13. The molecular formula is C11H9FN4OS.